The maximum absolute atomic E-state index is 13.1. The Hall–Kier alpha value is -1.48. The van der Waals surface area contributed by atoms with Gasteiger partial charge in [0.15, 0.2) is 0 Å². The van der Waals surface area contributed by atoms with Crippen LogP contribution < -0.4 is 4.90 Å². The van der Waals surface area contributed by atoms with Crippen molar-refractivity contribution in [3.8, 4) is 0 Å². The number of anilines is 1. The van der Waals surface area contributed by atoms with Gasteiger partial charge in [0.25, 0.3) is 0 Å². The second-order valence-electron chi connectivity index (χ2n) is 7.69. The summed E-state index contributed by atoms with van der Waals surface area (Å²) in [5, 5.41) is 0. The van der Waals surface area contributed by atoms with E-state index in [1.54, 1.807) is 34.3 Å². The van der Waals surface area contributed by atoms with Gasteiger partial charge in [0.1, 0.15) is 0 Å². The number of amides is 1. The molecule has 4 rings (SSSR count). The molecule has 27 heavy (non-hydrogen) atoms. The maximum atomic E-state index is 13.1. The largest absolute Gasteiger partial charge is 0.380 e. The minimum atomic E-state index is -3.51. The highest BCUT2D eigenvalue weighted by molar-refractivity contribution is 7.89. The molecule has 0 unspecified atom stereocenters. The highest BCUT2D eigenvalue weighted by atomic mass is 32.2. The van der Waals surface area contributed by atoms with E-state index in [1.165, 1.54) is 0 Å². The van der Waals surface area contributed by atoms with Crippen molar-refractivity contribution in [2.75, 3.05) is 44.3 Å². The van der Waals surface area contributed by atoms with Crippen LogP contribution in [0.15, 0.2) is 23.1 Å². The Labute approximate surface area is 160 Å². The third-order valence-electron chi connectivity index (χ3n) is 5.94. The Morgan fingerprint density at radius 1 is 1.19 bits per heavy atom. The fraction of sp³-hybridized carbons (Fsp3) is 0.632. The smallest absolute Gasteiger partial charge is 0.243 e. The first-order valence-corrected chi connectivity index (χ1v) is 11.1. The normalized spacial score (nSPS) is 27.1. The number of carbonyl (C=O) groups excluding carboxylic acids is 1. The van der Waals surface area contributed by atoms with Crippen LogP contribution in [-0.2, 0) is 26.0 Å². The molecule has 8 heteroatoms. The summed E-state index contributed by atoms with van der Waals surface area (Å²) < 4.78 is 33.3. The van der Waals surface area contributed by atoms with E-state index in [0.29, 0.717) is 30.4 Å². The molecule has 3 aliphatic rings. The van der Waals surface area contributed by atoms with Gasteiger partial charge in [0.05, 0.1) is 11.5 Å². The van der Waals surface area contributed by atoms with Gasteiger partial charge in [0.2, 0.25) is 15.9 Å². The van der Waals surface area contributed by atoms with Crippen LogP contribution in [0.4, 0.5) is 5.69 Å². The number of hydrogen-bond donors (Lipinski definition) is 0. The van der Waals surface area contributed by atoms with Gasteiger partial charge in [-0.15, -0.1) is 0 Å². The zero-order valence-corrected chi connectivity index (χ0v) is 16.7. The first-order chi connectivity index (χ1) is 12.9. The van der Waals surface area contributed by atoms with Gasteiger partial charge >= 0.3 is 0 Å². The van der Waals surface area contributed by atoms with E-state index < -0.39 is 10.0 Å². The Balaban J connectivity index is 1.50. The summed E-state index contributed by atoms with van der Waals surface area (Å²) >= 11 is 0. The minimum absolute atomic E-state index is 0.0103. The molecule has 3 aliphatic heterocycles. The molecule has 7 nitrogen and oxygen atoms in total. The SMILES string of the molecule is CC(=O)N1c2ccc(S(=O)(=O)N3CCN([C@@H]4CCOC4)CC3)cc2C[C@H]1C. The van der Waals surface area contributed by atoms with E-state index in [9.17, 15) is 13.2 Å². The number of sulfonamides is 1. The summed E-state index contributed by atoms with van der Waals surface area (Å²) in [6.07, 6.45) is 1.72. The van der Waals surface area contributed by atoms with Crippen molar-refractivity contribution < 1.29 is 17.9 Å². The Morgan fingerprint density at radius 3 is 2.56 bits per heavy atom. The van der Waals surface area contributed by atoms with Crippen molar-refractivity contribution in [1.29, 1.82) is 0 Å². The summed E-state index contributed by atoms with van der Waals surface area (Å²) in [6, 6.07) is 5.65. The summed E-state index contributed by atoms with van der Waals surface area (Å²) in [7, 11) is -3.51. The number of benzene rings is 1. The molecule has 1 aromatic carbocycles. The zero-order valence-electron chi connectivity index (χ0n) is 15.9. The molecule has 1 amide bonds. The molecule has 0 bridgehead atoms. The Bertz CT molecular complexity index is 827. The molecule has 1 aromatic rings. The number of piperazine rings is 1. The lowest BCUT2D eigenvalue weighted by Crippen LogP contribution is -2.52. The highest BCUT2D eigenvalue weighted by Gasteiger charge is 2.34. The molecule has 0 N–H and O–H groups in total. The average molecular weight is 394 g/mol. The lowest BCUT2D eigenvalue weighted by Gasteiger charge is -2.36. The number of hydrogen-bond acceptors (Lipinski definition) is 5. The van der Waals surface area contributed by atoms with E-state index in [0.717, 1.165) is 44.0 Å². The number of nitrogens with zero attached hydrogens (tertiary/aromatic N) is 3. The van der Waals surface area contributed by atoms with Gasteiger partial charge in [-0.05, 0) is 43.5 Å². The van der Waals surface area contributed by atoms with Gasteiger partial charge < -0.3 is 9.64 Å². The molecule has 0 spiro atoms. The van der Waals surface area contributed by atoms with E-state index in [4.69, 9.17) is 4.74 Å². The average Bonchev–Trinajstić information content (AvgIpc) is 3.28. The molecule has 3 heterocycles. The van der Waals surface area contributed by atoms with Crippen LogP contribution in [0, 0.1) is 0 Å². The standard InChI is InChI=1S/C19H27N3O4S/c1-14-11-16-12-18(3-4-19(16)22(14)15(2)23)27(24,25)21-8-6-20(7-9-21)17-5-10-26-13-17/h3-4,12,14,17H,5-11,13H2,1-2H3/t14-,17-/m1/s1. The van der Waals surface area contributed by atoms with Crippen molar-refractivity contribution in [2.45, 2.75) is 43.7 Å². The molecule has 2 atom stereocenters. The number of carbonyl (C=O) groups is 1. The van der Waals surface area contributed by atoms with E-state index in [1.807, 2.05) is 6.92 Å². The van der Waals surface area contributed by atoms with Crippen LogP contribution in [0.2, 0.25) is 0 Å². The van der Waals surface area contributed by atoms with Gasteiger partial charge in [-0.25, -0.2) is 8.42 Å². The monoisotopic (exact) mass is 393 g/mol. The maximum Gasteiger partial charge on any atom is 0.243 e. The third kappa shape index (κ3) is 3.40. The van der Waals surface area contributed by atoms with Crippen molar-refractivity contribution in [2.24, 2.45) is 0 Å². The molecule has 0 radical (unpaired) electrons. The van der Waals surface area contributed by atoms with Gasteiger partial charge in [0, 0.05) is 57.5 Å². The molecule has 2 saturated heterocycles. The van der Waals surface area contributed by atoms with Crippen LogP contribution in [0.3, 0.4) is 0 Å². The number of fused-ring (bicyclic) bond motifs is 1. The second-order valence-corrected chi connectivity index (χ2v) is 9.63. The highest BCUT2D eigenvalue weighted by Crippen LogP contribution is 2.34. The van der Waals surface area contributed by atoms with E-state index in [-0.39, 0.29) is 11.9 Å². The fourth-order valence-electron chi connectivity index (χ4n) is 4.52. The summed E-state index contributed by atoms with van der Waals surface area (Å²) in [5.74, 6) is -0.0103. The van der Waals surface area contributed by atoms with E-state index >= 15 is 0 Å². The predicted molar refractivity (Wildman–Crippen MR) is 102 cm³/mol. The molecule has 2 fully saturated rings. The molecule has 0 aromatic heterocycles. The third-order valence-corrected chi connectivity index (χ3v) is 7.83. The summed E-state index contributed by atoms with van der Waals surface area (Å²) in [4.78, 5) is 16.3. The van der Waals surface area contributed by atoms with Gasteiger partial charge in [-0.2, -0.15) is 4.31 Å². The first kappa shape index (κ1) is 18.9. The lowest BCUT2D eigenvalue weighted by atomic mass is 10.1. The predicted octanol–water partition coefficient (Wildman–Crippen LogP) is 1.08. The summed E-state index contributed by atoms with van der Waals surface area (Å²) in [6.45, 7) is 7.58. The number of ether oxygens (including phenoxy) is 1. The lowest BCUT2D eigenvalue weighted by molar-refractivity contribution is -0.116. The minimum Gasteiger partial charge on any atom is -0.380 e. The molecular weight excluding hydrogens is 366 g/mol. The topological polar surface area (TPSA) is 70.2 Å². The van der Waals surface area contributed by atoms with Crippen LogP contribution in [0.1, 0.15) is 25.8 Å². The van der Waals surface area contributed by atoms with E-state index in [2.05, 4.69) is 4.90 Å². The van der Waals surface area contributed by atoms with Gasteiger partial charge in [-0.3, -0.25) is 9.69 Å². The van der Waals surface area contributed by atoms with Crippen LogP contribution in [0.25, 0.3) is 0 Å². The van der Waals surface area contributed by atoms with Crippen molar-refractivity contribution >= 4 is 21.6 Å². The van der Waals surface area contributed by atoms with Crippen LogP contribution in [0.5, 0.6) is 0 Å². The molecule has 0 aliphatic carbocycles. The Morgan fingerprint density at radius 2 is 1.93 bits per heavy atom. The van der Waals surface area contributed by atoms with Crippen LogP contribution >= 0.6 is 0 Å². The molecule has 148 valence electrons. The first-order valence-electron chi connectivity index (χ1n) is 9.62. The van der Waals surface area contributed by atoms with Crippen molar-refractivity contribution in [3.05, 3.63) is 23.8 Å². The molecule has 0 saturated carbocycles. The Kier molecular flexibility index (Phi) is 5.00. The van der Waals surface area contributed by atoms with Crippen molar-refractivity contribution in [3.63, 3.8) is 0 Å². The fourth-order valence-corrected chi connectivity index (χ4v) is 5.99. The van der Waals surface area contributed by atoms with Crippen molar-refractivity contribution in [1.82, 2.24) is 9.21 Å². The quantitative estimate of drug-likeness (QED) is 0.769. The molecular formula is C19H27N3O4S. The summed E-state index contributed by atoms with van der Waals surface area (Å²) in [5.41, 5.74) is 1.76. The van der Waals surface area contributed by atoms with Crippen LogP contribution in [-0.4, -0.2) is 75.0 Å². The zero-order chi connectivity index (χ0) is 19.2. The second kappa shape index (κ2) is 7.16. The van der Waals surface area contributed by atoms with Gasteiger partial charge in [-0.1, -0.05) is 0 Å². The number of rotatable bonds is 3.